The van der Waals surface area contributed by atoms with Crippen LogP contribution in [0.5, 0.6) is 0 Å². The van der Waals surface area contributed by atoms with Gasteiger partial charge in [0.15, 0.2) is 5.96 Å². The zero-order valence-electron chi connectivity index (χ0n) is 17.1. The highest BCUT2D eigenvalue weighted by Crippen LogP contribution is 2.24. The van der Waals surface area contributed by atoms with Crippen molar-refractivity contribution in [2.24, 2.45) is 4.99 Å². The van der Waals surface area contributed by atoms with Gasteiger partial charge < -0.3 is 20.9 Å². The first-order chi connectivity index (χ1) is 14.4. The zero-order chi connectivity index (χ0) is 21.5. The fraction of sp³-hybridized carbons (Fsp3) is 0.381. The lowest BCUT2D eigenvalue weighted by Gasteiger charge is -2.21. The number of hydrogen-bond acceptors (Lipinski definition) is 4. The molecule has 9 heteroatoms. The van der Waals surface area contributed by atoms with Gasteiger partial charge in [0.25, 0.3) is 0 Å². The van der Waals surface area contributed by atoms with E-state index in [1.807, 2.05) is 17.9 Å². The number of benzene rings is 1. The first-order valence-electron chi connectivity index (χ1n) is 9.84. The van der Waals surface area contributed by atoms with E-state index < -0.39 is 11.6 Å². The van der Waals surface area contributed by atoms with Crippen LogP contribution < -0.4 is 20.9 Å². The third-order valence-electron chi connectivity index (χ3n) is 4.83. The van der Waals surface area contributed by atoms with Gasteiger partial charge in [-0.25, -0.2) is 13.8 Å². The van der Waals surface area contributed by atoms with Gasteiger partial charge in [-0.3, -0.25) is 9.79 Å². The first-order valence-corrected chi connectivity index (χ1v) is 9.84. The fourth-order valence-electron chi connectivity index (χ4n) is 3.26. The molecular weight excluding hydrogens is 390 g/mol. The standard InChI is InChI=1S/C21H26F2N6O/c1-14-3-6-19(26-12-14)28-20(30)7-9-25-21(24-2)27-16-8-10-29(13-16)18-5-4-15(22)11-17(18)23/h3-6,11-12,16H,7-10,13H2,1-2H3,(H2,24,25,27)(H,26,28,30). The summed E-state index contributed by atoms with van der Waals surface area (Å²) in [6.45, 7) is 3.56. The molecule has 1 aliphatic rings. The Bertz CT molecular complexity index is 903. The summed E-state index contributed by atoms with van der Waals surface area (Å²) in [5.41, 5.74) is 1.42. The summed E-state index contributed by atoms with van der Waals surface area (Å²) >= 11 is 0. The molecule has 0 bridgehead atoms. The van der Waals surface area contributed by atoms with Gasteiger partial charge in [0, 0.05) is 51.4 Å². The van der Waals surface area contributed by atoms with Gasteiger partial charge in [-0.2, -0.15) is 0 Å². The van der Waals surface area contributed by atoms with Crippen LogP contribution in [-0.4, -0.2) is 49.6 Å². The Labute approximate surface area is 174 Å². The van der Waals surface area contributed by atoms with Crippen LogP contribution in [0.1, 0.15) is 18.4 Å². The molecule has 1 unspecified atom stereocenters. The number of amides is 1. The molecule has 1 atom stereocenters. The predicted molar refractivity (Wildman–Crippen MR) is 114 cm³/mol. The summed E-state index contributed by atoms with van der Waals surface area (Å²) < 4.78 is 27.1. The third-order valence-corrected chi connectivity index (χ3v) is 4.83. The zero-order valence-corrected chi connectivity index (χ0v) is 17.1. The molecule has 3 N–H and O–H groups in total. The number of pyridine rings is 1. The number of guanidine groups is 1. The van der Waals surface area contributed by atoms with Crippen molar-refractivity contribution in [3.05, 3.63) is 53.7 Å². The smallest absolute Gasteiger partial charge is 0.227 e. The largest absolute Gasteiger partial charge is 0.367 e. The average molecular weight is 416 g/mol. The van der Waals surface area contributed by atoms with Gasteiger partial charge in [-0.05, 0) is 37.1 Å². The number of hydrogen-bond donors (Lipinski definition) is 3. The van der Waals surface area contributed by atoms with E-state index in [4.69, 9.17) is 0 Å². The molecule has 30 heavy (non-hydrogen) atoms. The molecule has 1 amide bonds. The molecule has 1 fully saturated rings. The Morgan fingerprint density at radius 3 is 2.83 bits per heavy atom. The second kappa shape index (κ2) is 10.00. The van der Waals surface area contributed by atoms with Crippen LogP contribution in [-0.2, 0) is 4.79 Å². The number of aryl methyl sites for hydroxylation is 1. The number of nitrogens with zero attached hydrogens (tertiary/aromatic N) is 3. The summed E-state index contributed by atoms with van der Waals surface area (Å²) in [4.78, 5) is 22.2. The summed E-state index contributed by atoms with van der Waals surface area (Å²) in [5, 5.41) is 9.14. The van der Waals surface area contributed by atoms with Gasteiger partial charge in [0.1, 0.15) is 17.5 Å². The second-order valence-electron chi connectivity index (χ2n) is 7.19. The monoisotopic (exact) mass is 416 g/mol. The predicted octanol–water partition coefficient (Wildman–Crippen LogP) is 2.44. The maximum Gasteiger partial charge on any atom is 0.227 e. The number of nitrogens with one attached hydrogen (secondary N) is 3. The number of carbonyl (C=O) groups excluding carboxylic acids is 1. The average Bonchev–Trinajstić information content (AvgIpc) is 3.17. The van der Waals surface area contributed by atoms with Crippen LogP contribution in [0.4, 0.5) is 20.3 Å². The maximum atomic E-state index is 14.0. The van der Waals surface area contributed by atoms with E-state index in [2.05, 4.69) is 25.9 Å². The van der Waals surface area contributed by atoms with Crippen molar-refractivity contribution in [3.63, 3.8) is 0 Å². The topological polar surface area (TPSA) is 81.6 Å². The van der Waals surface area contributed by atoms with Gasteiger partial charge in [-0.1, -0.05) is 6.07 Å². The molecule has 1 aromatic carbocycles. The van der Waals surface area contributed by atoms with Crippen LogP contribution in [0.25, 0.3) is 0 Å². The minimum absolute atomic E-state index is 0.0613. The Kier molecular flexibility index (Phi) is 7.16. The van der Waals surface area contributed by atoms with E-state index in [1.165, 1.54) is 12.1 Å². The summed E-state index contributed by atoms with van der Waals surface area (Å²) in [7, 11) is 1.65. The lowest BCUT2D eigenvalue weighted by atomic mass is 10.2. The molecular formula is C21H26F2N6O. The maximum absolute atomic E-state index is 14.0. The highest BCUT2D eigenvalue weighted by atomic mass is 19.1. The molecule has 3 rings (SSSR count). The summed E-state index contributed by atoms with van der Waals surface area (Å²) in [6.07, 6.45) is 2.74. The van der Waals surface area contributed by atoms with Gasteiger partial charge >= 0.3 is 0 Å². The fourth-order valence-corrected chi connectivity index (χ4v) is 3.26. The van der Waals surface area contributed by atoms with Crippen LogP contribution in [0.15, 0.2) is 41.5 Å². The lowest BCUT2D eigenvalue weighted by molar-refractivity contribution is -0.116. The molecule has 2 heterocycles. The quantitative estimate of drug-likeness (QED) is 0.498. The van der Waals surface area contributed by atoms with Crippen molar-refractivity contribution < 1.29 is 13.6 Å². The molecule has 0 aliphatic carbocycles. The van der Waals surface area contributed by atoms with Crippen molar-refractivity contribution in [3.8, 4) is 0 Å². The van der Waals surface area contributed by atoms with Crippen molar-refractivity contribution in [1.82, 2.24) is 15.6 Å². The number of aromatic nitrogens is 1. The van der Waals surface area contributed by atoms with Gasteiger partial charge in [-0.15, -0.1) is 0 Å². The third kappa shape index (κ3) is 5.88. The first kappa shape index (κ1) is 21.5. The van der Waals surface area contributed by atoms with E-state index in [1.54, 1.807) is 19.3 Å². The molecule has 0 saturated carbocycles. The van der Waals surface area contributed by atoms with Gasteiger partial charge in [0.2, 0.25) is 5.91 Å². The van der Waals surface area contributed by atoms with E-state index in [9.17, 15) is 13.6 Å². The minimum Gasteiger partial charge on any atom is -0.367 e. The van der Waals surface area contributed by atoms with Crippen molar-refractivity contribution in [2.45, 2.75) is 25.8 Å². The molecule has 0 radical (unpaired) electrons. The van der Waals surface area contributed by atoms with Crippen molar-refractivity contribution >= 4 is 23.4 Å². The summed E-state index contributed by atoms with van der Waals surface area (Å²) in [5.74, 6) is -0.202. The highest BCUT2D eigenvalue weighted by molar-refractivity contribution is 5.90. The molecule has 160 valence electrons. The molecule has 1 aromatic heterocycles. The van der Waals surface area contributed by atoms with E-state index in [0.29, 0.717) is 37.1 Å². The lowest BCUT2D eigenvalue weighted by Crippen LogP contribution is -2.45. The number of aliphatic imine (C=N–C) groups is 1. The van der Waals surface area contributed by atoms with Crippen LogP contribution in [0.2, 0.25) is 0 Å². The molecule has 2 aromatic rings. The van der Waals surface area contributed by atoms with Crippen LogP contribution in [0.3, 0.4) is 0 Å². The van der Waals surface area contributed by atoms with E-state index in [0.717, 1.165) is 18.1 Å². The van der Waals surface area contributed by atoms with E-state index >= 15 is 0 Å². The Morgan fingerprint density at radius 2 is 2.13 bits per heavy atom. The summed E-state index contributed by atoms with van der Waals surface area (Å²) in [6, 6.07) is 7.32. The van der Waals surface area contributed by atoms with Crippen LogP contribution in [0, 0.1) is 18.6 Å². The normalized spacial score (nSPS) is 16.5. The Balaban J connectivity index is 1.42. The molecule has 1 aliphatic heterocycles. The number of halogens is 2. The molecule has 7 nitrogen and oxygen atoms in total. The molecule has 1 saturated heterocycles. The van der Waals surface area contributed by atoms with Crippen molar-refractivity contribution in [2.75, 3.05) is 36.9 Å². The number of anilines is 2. The molecule has 0 spiro atoms. The SMILES string of the molecule is CN=C(NCCC(=O)Nc1ccc(C)cn1)NC1CCN(c2ccc(F)cc2F)C1. The van der Waals surface area contributed by atoms with Gasteiger partial charge in [0.05, 0.1) is 5.69 Å². The van der Waals surface area contributed by atoms with Crippen molar-refractivity contribution in [1.29, 1.82) is 0 Å². The van der Waals surface area contributed by atoms with E-state index in [-0.39, 0.29) is 18.4 Å². The Hall–Kier alpha value is -3.23. The number of rotatable bonds is 6. The highest BCUT2D eigenvalue weighted by Gasteiger charge is 2.25. The number of carbonyl (C=O) groups is 1. The Morgan fingerprint density at radius 1 is 1.30 bits per heavy atom. The van der Waals surface area contributed by atoms with Crippen LogP contribution >= 0.6 is 0 Å². The second-order valence-corrected chi connectivity index (χ2v) is 7.19. The minimum atomic E-state index is -0.586.